The Morgan fingerprint density at radius 1 is 0.776 bits per heavy atom. The van der Waals surface area contributed by atoms with Crippen molar-refractivity contribution in [2.45, 2.75) is 51.2 Å². The van der Waals surface area contributed by atoms with Crippen LogP contribution in [0.15, 0.2) is 139 Å². The second-order valence-electron chi connectivity index (χ2n) is 12.7. The summed E-state index contributed by atoms with van der Waals surface area (Å²) in [7, 11) is -3.82. The van der Waals surface area contributed by atoms with E-state index in [0.717, 1.165) is 27.9 Å². The van der Waals surface area contributed by atoms with E-state index >= 15 is 0 Å². The zero-order chi connectivity index (χ0) is 34.7. The molecule has 1 amide bonds. The molecule has 5 aromatic rings. The molecule has 0 unspecified atom stereocenters. The monoisotopic (exact) mass is 677 g/mol. The van der Waals surface area contributed by atoms with E-state index in [1.807, 2.05) is 91.3 Å². The average Bonchev–Trinajstić information content (AvgIpc) is 3.56. The van der Waals surface area contributed by atoms with Gasteiger partial charge in [-0.2, -0.15) is 0 Å². The van der Waals surface area contributed by atoms with Gasteiger partial charge >= 0.3 is 6.09 Å². The van der Waals surface area contributed by atoms with Gasteiger partial charge in [0, 0.05) is 12.7 Å². The molecule has 9 nitrogen and oxygen atoms in total. The SMILES string of the molecule is CC(C)(C)OC(=O)NC(=NCCCc1cn(C(c2ccccc2)(c2ccccc2)c2ccccc2)cn1)NS(=O)(=O)CCc1ccccc1. The Bertz CT molecular complexity index is 1830. The molecule has 49 heavy (non-hydrogen) atoms. The number of rotatable bonds is 12. The number of amides is 1. The zero-order valence-electron chi connectivity index (χ0n) is 28.1. The number of carbonyl (C=O) groups excluding carboxylic acids is 1. The molecule has 0 bridgehead atoms. The highest BCUT2D eigenvalue weighted by Gasteiger charge is 2.38. The number of guanidine groups is 1. The second-order valence-corrected chi connectivity index (χ2v) is 14.5. The molecule has 0 radical (unpaired) electrons. The van der Waals surface area contributed by atoms with Gasteiger partial charge in [0.1, 0.15) is 11.1 Å². The van der Waals surface area contributed by atoms with Crippen molar-refractivity contribution in [3.05, 3.63) is 162 Å². The molecular formula is C39H43N5O4S. The Kier molecular flexibility index (Phi) is 11.3. The number of imidazole rings is 1. The lowest BCUT2D eigenvalue weighted by atomic mass is 9.77. The number of sulfonamides is 1. The van der Waals surface area contributed by atoms with Crippen LogP contribution in [0, 0.1) is 0 Å². The fraction of sp³-hybridized carbons (Fsp3) is 0.256. The van der Waals surface area contributed by atoms with Crippen molar-refractivity contribution >= 4 is 22.1 Å². The van der Waals surface area contributed by atoms with Crippen LogP contribution in [0.2, 0.25) is 0 Å². The molecule has 0 saturated carbocycles. The number of hydrogen-bond donors (Lipinski definition) is 2. The van der Waals surface area contributed by atoms with Crippen molar-refractivity contribution in [1.82, 2.24) is 19.6 Å². The number of aromatic nitrogens is 2. The number of carbonyl (C=O) groups is 1. The van der Waals surface area contributed by atoms with Gasteiger partial charge < -0.3 is 9.30 Å². The smallest absolute Gasteiger partial charge is 0.414 e. The van der Waals surface area contributed by atoms with Gasteiger partial charge in [-0.1, -0.05) is 121 Å². The summed E-state index contributed by atoms with van der Waals surface area (Å²) in [6.07, 6.45) is 4.57. The van der Waals surface area contributed by atoms with Crippen LogP contribution < -0.4 is 10.0 Å². The molecule has 5 rings (SSSR count). The zero-order valence-corrected chi connectivity index (χ0v) is 28.9. The molecule has 0 atom stereocenters. The predicted molar refractivity (Wildman–Crippen MR) is 194 cm³/mol. The summed E-state index contributed by atoms with van der Waals surface area (Å²) < 4.78 is 35.9. The lowest BCUT2D eigenvalue weighted by molar-refractivity contribution is 0.0562. The van der Waals surface area contributed by atoms with E-state index in [2.05, 4.69) is 62.2 Å². The van der Waals surface area contributed by atoms with Gasteiger partial charge in [0.25, 0.3) is 0 Å². The van der Waals surface area contributed by atoms with Crippen LogP contribution in [0.3, 0.4) is 0 Å². The topological polar surface area (TPSA) is 115 Å². The van der Waals surface area contributed by atoms with Crippen molar-refractivity contribution in [3.8, 4) is 0 Å². The van der Waals surface area contributed by atoms with E-state index in [1.54, 1.807) is 20.8 Å². The van der Waals surface area contributed by atoms with Crippen LogP contribution in [-0.4, -0.2) is 47.9 Å². The number of nitrogens with zero attached hydrogens (tertiary/aromatic N) is 3. The highest BCUT2D eigenvalue weighted by molar-refractivity contribution is 7.90. The van der Waals surface area contributed by atoms with E-state index in [4.69, 9.17) is 9.72 Å². The summed E-state index contributed by atoms with van der Waals surface area (Å²) in [6.45, 7) is 5.43. The van der Waals surface area contributed by atoms with E-state index in [0.29, 0.717) is 19.3 Å². The quantitative estimate of drug-likeness (QED) is 0.0661. The number of aliphatic imine (C=N–C) groups is 1. The fourth-order valence-corrected chi connectivity index (χ4v) is 6.72. The second kappa shape index (κ2) is 15.8. The number of nitrogens with one attached hydrogen (secondary N) is 2. The van der Waals surface area contributed by atoms with Gasteiger partial charge in [-0.3, -0.25) is 15.0 Å². The molecule has 0 saturated heterocycles. The Labute approximate surface area is 289 Å². The Morgan fingerprint density at radius 3 is 1.80 bits per heavy atom. The minimum absolute atomic E-state index is 0.171. The highest BCUT2D eigenvalue weighted by atomic mass is 32.2. The van der Waals surface area contributed by atoms with Crippen molar-refractivity contribution in [3.63, 3.8) is 0 Å². The summed E-state index contributed by atoms with van der Waals surface area (Å²) in [5.74, 6) is -0.348. The number of alkyl carbamates (subject to hydrolysis) is 1. The normalized spacial score (nSPS) is 12.3. The summed E-state index contributed by atoms with van der Waals surface area (Å²) in [5.41, 5.74) is 3.59. The van der Waals surface area contributed by atoms with Crippen molar-refractivity contribution in [2.75, 3.05) is 12.3 Å². The standard InChI is InChI=1S/C39H43N5O4S/c1-38(2,3)48-37(45)42-36(43-49(46,47)28-26-31-17-8-4-9-18-31)40-27-16-25-35-29-44(30-41-35)39(32-19-10-5-11-20-32,33-21-12-6-13-22-33)34-23-14-7-15-24-34/h4-15,17-24,29-30H,16,25-28H2,1-3H3,(H2,40,42,43,45). The molecule has 10 heteroatoms. The third-order valence-corrected chi connectivity index (χ3v) is 9.08. The Hall–Kier alpha value is -5.22. The first-order valence-electron chi connectivity index (χ1n) is 16.3. The minimum Gasteiger partial charge on any atom is -0.444 e. The van der Waals surface area contributed by atoms with E-state index < -0.39 is 27.3 Å². The van der Waals surface area contributed by atoms with E-state index in [1.165, 1.54) is 0 Å². The summed E-state index contributed by atoms with van der Waals surface area (Å²) >= 11 is 0. The average molecular weight is 678 g/mol. The fourth-order valence-electron chi connectivity index (χ4n) is 5.71. The van der Waals surface area contributed by atoms with Crippen molar-refractivity contribution in [1.29, 1.82) is 0 Å². The van der Waals surface area contributed by atoms with Gasteiger partial charge in [-0.25, -0.2) is 18.2 Å². The molecule has 0 spiro atoms. The molecule has 4 aromatic carbocycles. The van der Waals surface area contributed by atoms with Crippen LogP contribution in [0.4, 0.5) is 4.79 Å². The van der Waals surface area contributed by atoms with Gasteiger partial charge in [-0.05, 0) is 62.3 Å². The maximum atomic E-state index is 13.0. The van der Waals surface area contributed by atoms with Gasteiger partial charge in [0.05, 0.1) is 17.8 Å². The third kappa shape index (κ3) is 9.45. The van der Waals surface area contributed by atoms with Crippen LogP contribution in [0.5, 0.6) is 0 Å². The highest BCUT2D eigenvalue weighted by Crippen LogP contribution is 2.40. The molecule has 0 aliphatic heterocycles. The largest absolute Gasteiger partial charge is 0.444 e. The van der Waals surface area contributed by atoms with Gasteiger partial charge in [0.2, 0.25) is 16.0 Å². The molecule has 1 aromatic heterocycles. The Morgan fingerprint density at radius 2 is 1.29 bits per heavy atom. The Balaban J connectivity index is 1.35. The third-order valence-electron chi connectivity index (χ3n) is 7.83. The maximum absolute atomic E-state index is 13.0. The lowest BCUT2D eigenvalue weighted by Crippen LogP contribution is -2.46. The summed E-state index contributed by atoms with van der Waals surface area (Å²) in [4.78, 5) is 21.8. The molecule has 1 heterocycles. The number of ether oxygens (including phenoxy) is 1. The van der Waals surface area contributed by atoms with Gasteiger partial charge in [-0.15, -0.1) is 0 Å². The molecule has 0 fully saturated rings. The minimum atomic E-state index is -3.82. The van der Waals surface area contributed by atoms with Crippen LogP contribution in [0.25, 0.3) is 0 Å². The lowest BCUT2D eigenvalue weighted by Gasteiger charge is -2.37. The maximum Gasteiger partial charge on any atom is 0.414 e. The predicted octanol–water partition coefficient (Wildman–Crippen LogP) is 6.70. The summed E-state index contributed by atoms with van der Waals surface area (Å²) in [5, 5.41) is 2.48. The summed E-state index contributed by atoms with van der Waals surface area (Å²) in [6, 6.07) is 40.5. The number of hydrogen-bond acceptors (Lipinski definition) is 6. The molecule has 0 aliphatic rings. The molecule has 0 aliphatic carbocycles. The van der Waals surface area contributed by atoms with E-state index in [-0.39, 0.29) is 18.3 Å². The first-order chi connectivity index (χ1) is 23.5. The first kappa shape index (κ1) is 35.1. The molecule has 2 N–H and O–H groups in total. The van der Waals surface area contributed by atoms with Gasteiger partial charge in [0.15, 0.2) is 0 Å². The van der Waals surface area contributed by atoms with E-state index in [9.17, 15) is 13.2 Å². The molecular weight excluding hydrogens is 635 g/mol. The van der Waals surface area contributed by atoms with Crippen molar-refractivity contribution in [2.24, 2.45) is 4.99 Å². The first-order valence-corrected chi connectivity index (χ1v) is 18.0. The number of aryl methyl sites for hydroxylation is 2. The number of benzene rings is 4. The van der Waals surface area contributed by atoms with Crippen LogP contribution in [-0.2, 0) is 33.1 Å². The van der Waals surface area contributed by atoms with Crippen LogP contribution >= 0.6 is 0 Å². The van der Waals surface area contributed by atoms with Crippen molar-refractivity contribution < 1.29 is 17.9 Å². The molecule has 254 valence electrons. The van der Waals surface area contributed by atoms with Crippen LogP contribution in [0.1, 0.15) is 55.1 Å².